The fourth-order valence-electron chi connectivity index (χ4n) is 4.90. The Morgan fingerprint density at radius 2 is 1.79 bits per heavy atom. The van der Waals surface area contributed by atoms with Gasteiger partial charge in [0, 0.05) is 44.8 Å². The highest BCUT2D eigenvalue weighted by Crippen LogP contribution is 2.29. The minimum absolute atomic E-state index is 0.111. The van der Waals surface area contributed by atoms with Crippen LogP contribution in [0.1, 0.15) is 37.7 Å². The average molecular weight is 426 g/mol. The van der Waals surface area contributed by atoms with Crippen LogP contribution in [0.4, 0.5) is 0 Å². The van der Waals surface area contributed by atoms with Crippen LogP contribution < -0.4 is 0 Å². The molecule has 8 heteroatoms. The third kappa shape index (κ3) is 4.96. The summed E-state index contributed by atoms with van der Waals surface area (Å²) in [6.45, 7) is 5.17. The highest BCUT2D eigenvalue weighted by molar-refractivity contribution is 7.91. The van der Waals surface area contributed by atoms with Gasteiger partial charge in [0.2, 0.25) is 5.91 Å². The van der Waals surface area contributed by atoms with Gasteiger partial charge < -0.3 is 4.90 Å². The molecule has 3 aliphatic rings. The molecule has 0 bridgehead atoms. The number of carbonyl (C=O) groups is 1. The normalized spacial score (nSPS) is 26.6. The standard InChI is InChI=1S/C20H31N3O3S2/c24-20(14-22-9-7-21(8-10-22)13-17-5-11-27-15-17)23(18-3-1-2-4-18)19-6-12-28(25,26)16-19/h5,11,15,18-19H,1-4,6-10,12-14,16H2/t19-/m1/s1. The predicted octanol–water partition coefficient (Wildman–Crippen LogP) is 1.82. The van der Waals surface area contributed by atoms with Gasteiger partial charge in [-0.15, -0.1) is 0 Å². The summed E-state index contributed by atoms with van der Waals surface area (Å²) in [7, 11) is -2.98. The summed E-state index contributed by atoms with van der Waals surface area (Å²) in [6, 6.07) is 2.31. The van der Waals surface area contributed by atoms with Gasteiger partial charge in [-0.2, -0.15) is 11.3 Å². The number of hydrogen-bond donors (Lipinski definition) is 0. The molecular weight excluding hydrogens is 394 g/mol. The first-order valence-corrected chi connectivity index (χ1v) is 13.2. The van der Waals surface area contributed by atoms with Crippen molar-refractivity contribution in [1.29, 1.82) is 0 Å². The Morgan fingerprint density at radius 3 is 2.39 bits per heavy atom. The van der Waals surface area contributed by atoms with Crippen molar-refractivity contribution in [1.82, 2.24) is 14.7 Å². The number of sulfone groups is 1. The van der Waals surface area contributed by atoms with Crippen LogP contribution in [0, 0.1) is 0 Å². The maximum Gasteiger partial charge on any atom is 0.237 e. The lowest BCUT2D eigenvalue weighted by atomic mass is 10.1. The topological polar surface area (TPSA) is 60.9 Å². The van der Waals surface area contributed by atoms with E-state index in [-0.39, 0.29) is 29.5 Å². The van der Waals surface area contributed by atoms with Crippen LogP contribution in [0.25, 0.3) is 0 Å². The van der Waals surface area contributed by atoms with E-state index in [1.165, 1.54) is 5.56 Å². The van der Waals surface area contributed by atoms with Crippen LogP contribution in [0.3, 0.4) is 0 Å². The van der Waals surface area contributed by atoms with E-state index in [4.69, 9.17) is 0 Å². The van der Waals surface area contributed by atoms with Crippen LogP contribution in [-0.4, -0.2) is 85.3 Å². The number of nitrogens with zero attached hydrogens (tertiary/aromatic N) is 3. The van der Waals surface area contributed by atoms with Gasteiger partial charge in [-0.05, 0) is 41.7 Å². The zero-order valence-corrected chi connectivity index (χ0v) is 18.1. The maximum atomic E-state index is 13.2. The van der Waals surface area contributed by atoms with Crippen molar-refractivity contribution >= 4 is 27.1 Å². The molecule has 6 nitrogen and oxygen atoms in total. The first kappa shape index (κ1) is 20.3. The molecule has 1 aromatic heterocycles. The number of amides is 1. The molecule has 3 heterocycles. The lowest BCUT2D eigenvalue weighted by Crippen LogP contribution is -2.53. The van der Waals surface area contributed by atoms with Crippen molar-refractivity contribution in [2.24, 2.45) is 0 Å². The van der Waals surface area contributed by atoms with Crippen molar-refractivity contribution in [3.63, 3.8) is 0 Å². The van der Waals surface area contributed by atoms with E-state index in [2.05, 4.69) is 26.6 Å². The Labute approximate surface area is 172 Å². The lowest BCUT2D eigenvalue weighted by Gasteiger charge is -2.38. The second kappa shape index (κ2) is 8.81. The molecule has 1 aromatic rings. The van der Waals surface area contributed by atoms with E-state index in [9.17, 15) is 13.2 Å². The molecular formula is C20H31N3O3S2. The number of carbonyl (C=O) groups excluding carboxylic acids is 1. The van der Waals surface area contributed by atoms with Crippen LogP contribution in [0.2, 0.25) is 0 Å². The summed E-state index contributed by atoms with van der Waals surface area (Å²) in [5.41, 5.74) is 1.37. The molecule has 2 saturated heterocycles. The Bertz CT molecular complexity index is 752. The van der Waals surface area contributed by atoms with Crippen molar-refractivity contribution in [2.45, 2.75) is 50.7 Å². The molecule has 28 heavy (non-hydrogen) atoms. The first-order valence-electron chi connectivity index (χ1n) is 10.5. The van der Waals surface area contributed by atoms with Crippen molar-refractivity contribution in [3.8, 4) is 0 Å². The van der Waals surface area contributed by atoms with Gasteiger partial charge in [0.15, 0.2) is 9.84 Å². The van der Waals surface area contributed by atoms with Gasteiger partial charge in [0.1, 0.15) is 0 Å². The SMILES string of the molecule is O=C(CN1CCN(Cc2ccsc2)CC1)N(C1CCCC1)[C@@H]1CCS(=O)(=O)C1. The van der Waals surface area contributed by atoms with Gasteiger partial charge in [-0.25, -0.2) is 8.42 Å². The second-order valence-electron chi connectivity index (χ2n) is 8.48. The molecule has 0 N–H and O–H groups in total. The van der Waals surface area contributed by atoms with Crippen molar-refractivity contribution in [3.05, 3.63) is 22.4 Å². The molecule has 1 aliphatic carbocycles. The van der Waals surface area contributed by atoms with Gasteiger partial charge >= 0.3 is 0 Å². The largest absolute Gasteiger partial charge is 0.335 e. The van der Waals surface area contributed by atoms with Gasteiger partial charge in [-0.1, -0.05) is 12.8 Å². The molecule has 0 aromatic carbocycles. The Balaban J connectivity index is 1.33. The molecule has 1 saturated carbocycles. The summed E-state index contributed by atoms with van der Waals surface area (Å²) in [4.78, 5) is 19.9. The van der Waals surface area contributed by atoms with Crippen LogP contribution in [0.15, 0.2) is 16.8 Å². The monoisotopic (exact) mass is 425 g/mol. The number of thiophene rings is 1. The zero-order chi connectivity index (χ0) is 19.6. The van der Waals surface area contributed by atoms with E-state index in [1.807, 2.05) is 4.90 Å². The minimum Gasteiger partial charge on any atom is -0.335 e. The van der Waals surface area contributed by atoms with E-state index in [0.29, 0.717) is 13.0 Å². The van der Waals surface area contributed by atoms with Crippen LogP contribution in [0.5, 0.6) is 0 Å². The van der Waals surface area contributed by atoms with E-state index in [1.54, 1.807) is 11.3 Å². The van der Waals surface area contributed by atoms with E-state index >= 15 is 0 Å². The fraction of sp³-hybridized carbons (Fsp3) is 0.750. The molecule has 1 amide bonds. The van der Waals surface area contributed by atoms with Gasteiger partial charge in [-0.3, -0.25) is 14.6 Å². The third-order valence-corrected chi connectivity index (χ3v) is 8.90. The quantitative estimate of drug-likeness (QED) is 0.696. The molecule has 0 spiro atoms. The summed E-state index contributed by atoms with van der Waals surface area (Å²) in [5.74, 6) is 0.527. The molecule has 0 unspecified atom stereocenters. The highest BCUT2D eigenvalue weighted by Gasteiger charge is 2.39. The molecule has 2 aliphatic heterocycles. The zero-order valence-electron chi connectivity index (χ0n) is 16.5. The van der Waals surface area contributed by atoms with Crippen LogP contribution in [-0.2, 0) is 21.2 Å². The van der Waals surface area contributed by atoms with Crippen LogP contribution >= 0.6 is 11.3 Å². The Hall–Kier alpha value is -0.960. The fourth-order valence-corrected chi connectivity index (χ4v) is 7.27. The van der Waals surface area contributed by atoms with E-state index < -0.39 is 9.84 Å². The number of piperazine rings is 1. The third-order valence-electron chi connectivity index (χ3n) is 6.42. The van der Waals surface area contributed by atoms with E-state index in [0.717, 1.165) is 58.4 Å². The number of rotatable bonds is 6. The Morgan fingerprint density at radius 1 is 1.07 bits per heavy atom. The Kier molecular flexibility index (Phi) is 6.40. The molecule has 156 valence electrons. The number of hydrogen-bond acceptors (Lipinski definition) is 6. The second-order valence-corrected chi connectivity index (χ2v) is 11.5. The molecule has 4 rings (SSSR count). The summed E-state index contributed by atoms with van der Waals surface area (Å²) in [6.07, 6.45) is 4.96. The molecule has 0 radical (unpaired) electrons. The first-order chi connectivity index (χ1) is 13.5. The lowest BCUT2D eigenvalue weighted by molar-refractivity contribution is -0.137. The highest BCUT2D eigenvalue weighted by atomic mass is 32.2. The van der Waals surface area contributed by atoms with Gasteiger partial charge in [0.05, 0.1) is 18.1 Å². The predicted molar refractivity (Wildman–Crippen MR) is 112 cm³/mol. The summed E-state index contributed by atoms with van der Waals surface area (Å²) in [5, 5.41) is 4.32. The molecule has 3 fully saturated rings. The van der Waals surface area contributed by atoms with Crippen molar-refractivity contribution in [2.75, 3.05) is 44.2 Å². The average Bonchev–Trinajstić information content (AvgIpc) is 3.40. The minimum atomic E-state index is -2.98. The van der Waals surface area contributed by atoms with Gasteiger partial charge in [0.25, 0.3) is 0 Å². The summed E-state index contributed by atoms with van der Waals surface area (Å²) < 4.78 is 24.0. The van der Waals surface area contributed by atoms with Crippen molar-refractivity contribution < 1.29 is 13.2 Å². The summed E-state index contributed by atoms with van der Waals surface area (Å²) >= 11 is 1.73. The smallest absolute Gasteiger partial charge is 0.237 e. The molecule has 1 atom stereocenters. The maximum absolute atomic E-state index is 13.2.